The van der Waals surface area contributed by atoms with Crippen LogP contribution in [0.5, 0.6) is 0 Å². The lowest BCUT2D eigenvalue weighted by atomic mass is 10.1. The minimum absolute atomic E-state index is 0.0740. The Morgan fingerprint density at radius 1 is 1.20 bits per heavy atom. The number of benzene rings is 1. The standard InChI is InChI=1S/C19H24N4O2/c1-15(24)22-18-4-2-3-16(13-18)17-5-6-19(21-14-17)20-7-8-23-9-11-25-12-10-23/h2-6,13-14H,7-12H2,1H3,(H,20,21)(H,22,24). The molecule has 25 heavy (non-hydrogen) atoms. The second-order valence-electron chi connectivity index (χ2n) is 6.07. The van der Waals surface area contributed by atoms with Gasteiger partial charge in [0, 0.05) is 50.6 Å². The Morgan fingerprint density at radius 3 is 2.76 bits per heavy atom. The van der Waals surface area contributed by atoms with Crippen LogP contribution in [0.4, 0.5) is 11.5 Å². The molecule has 2 N–H and O–H groups in total. The van der Waals surface area contributed by atoms with E-state index in [1.807, 2.05) is 42.6 Å². The molecular formula is C19H24N4O2. The van der Waals surface area contributed by atoms with Gasteiger partial charge in [-0.25, -0.2) is 4.98 Å². The monoisotopic (exact) mass is 340 g/mol. The number of nitrogens with zero attached hydrogens (tertiary/aromatic N) is 2. The van der Waals surface area contributed by atoms with Crippen LogP contribution < -0.4 is 10.6 Å². The molecule has 6 heteroatoms. The third-order valence-electron chi connectivity index (χ3n) is 4.12. The maximum absolute atomic E-state index is 11.2. The van der Waals surface area contributed by atoms with E-state index < -0.39 is 0 Å². The van der Waals surface area contributed by atoms with Gasteiger partial charge in [0.25, 0.3) is 0 Å². The van der Waals surface area contributed by atoms with Gasteiger partial charge in [-0.3, -0.25) is 9.69 Å². The van der Waals surface area contributed by atoms with Crippen LogP contribution in [0, 0.1) is 0 Å². The topological polar surface area (TPSA) is 66.5 Å². The molecule has 6 nitrogen and oxygen atoms in total. The summed E-state index contributed by atoms with van der Waals surface area (Å²) >= 11 is 0. The van der Waals surface area contributed by atoms with Gasteiger partial charge in [-0.15, -0.1) is 0 Å². The molecule has 1 aromatic heterocycles. The van der Waals surface area contributed by atoms with Crippen LogP contribution in [0.25, 0.3) is 11.1 Å². The largest absolute Gasteiger partial charge is 0.379 e. The predicted octanol–water partition coefficient (Wildman–Crippen LogP) is 2.45. The van der Waals surface area contributed by atoms with Gasteiger partial charge in [-0.2, -0.15) is 0 Å². The number of amides is 1. The van der Waals surface area contributed by atoms with E-state index in [9.17, 15) is 4.79 Å². The maximum atomic E-state index is 11.2. The first-order chi connectivity index (χ1) is 12.2. The molecule has 0 bridgehead atoms. The molecule has 0 aliphatic carbocycles. The first-order valence-electron chi connectivity index (χ1n) is 8.59. The van der Waals surface area contributed by atoms with Crippen LogP contribution in [-0.2, 0) is 9.53 Å². The summed E-state index contributed by atoms with van der Waals surface area (Å²) < 4.78 is 5.35. The van der Waals surface area contributed by atoms with Gasteiger partial charge in [0.15, 0.2) is 0 Å². The molecule has 1 aliphatic heterocycles. The number of anilines is 2. The van der Waals surface area contributed by atoms with Gasteiger partial charge in [0.05, 0.1) is 13.2 Å². The summed E-state index contributed by atoms with van der Waals surface area (Å²) in [6.45, 7) is 7.01. The first-order valence-corrected chi connectivity index (χ1v) is 8.59. The molecule has 0 spiro atoms. The van der Waals surface area contributed by atoms with Crippen LogP contribution in [-0.4, -0.2) is 55.2 Å². The van der Waals surface area contributed by atoms with E-state index in [0.29, 0.717) is 0 Å². The van der Waals surface area contributed by atoms with Crippen LogP contribution in [0.3, 0.4) is 0 Å². The predicted molar refractivity (Wildman–Crippen MR) is 99.7 cm³/mol. The first kappa shape index (κ1) is 17.4. The molecule has 1 saturated heterocycles. The lowest BCUT2D eigenvalue weighted by molar-refractivity contribution is -0.114. The van der Waals surface area contributed by atoms with Crippen molar-refractivity contribution in [3.63, 3.8) is 0 Å². The Balaban J connectivity index is 1.55. The van der Waals surface area contributed by atoms with Gasteiger partial charge in [-0.1, -0.05) is 12.1 Å². The van der Waals surface area contributed by atoms with Crippen LogP contribution in [0.2, 0.25) is 0 Å². The molecule has 0 radical (unpaired) electrons. The molecule has 0 atom stereocenters. The fraction of sp³-hybridized carbons (Fsp3) is 0.368. The van der Waals surface area contributed by atoms with Crippen molar-refractivity contribution in [1.82, 2.24) is 9.88 Å². The zero-order chi connectivity index (χ0) is 17.5. The van der Waals surface area contributed by atoms with E-state index in [4.69, 9.17) is 4.74 Å². The number of rotatable bonds is 6. The quantitative estimate of drug-likeness (QED) is 0.845. The lowest BCUT2D eigenvalue weighted by Crippen LogP contribution is -2.39. The highest BCUT2D eigenvalue weighted by atomic mass is 16.5. The molecule has 2 aromatic rings. The minimum Gasteiger partial charge on any atom is -0.379 e. The number of hydrogen-bond donors (Lipinski definition) is 2. The lowest BCUT2D eigenvalue weighted by Gasteiger charge is -2.26. The van der Waals surface area contributed by atoms with Crippen molar-refractivity contribution in [1.29, 1.82) is 0 Å². The van der Waals surface area contributed by atoms with Crippen molar-refractivity contribution in [3.05, 3.63) is 42.6 Å². The van der Waals surface area contributed by atoms with E-state index in [1.165, 1.54) is 6.92 Å². The average molecular weight is 340 g/mol. The van der Waals surface area contributed by atoms with Crippen LogP contribution in [0.15, 0.2) is 42.6 Å². The van der Waals surface area contributed by atoms with E-state index in [0.717, 1.165) is 62.0 Å². The smallest absolute Gasteiger partial charge is 0.221 e. The summed E-state index contributed by atoms with van der Waals surface area (Å²) in [6.07, 6.45) is 1.85. The summed E-state index contributed by atoms with van der Waals surface area (Å²) in [4.78, 5) is 18.1. The summed E-state index contributed by atoms with van der Waals surface area (Å²) in [6, 6.07) is 11.8. The minimum atomic E-state index is -0.0740. The summed E-state index contributed by atoms with van der Waals surface area (Å²) in [5, 5.41) is 6.16. The van der Waals surface area contributed by atoms with Crippen LogP contribution >= 0.6 is 0 Å². The Labute approximate surface area is 148 Å². The number of carbonyl (C=O) groups is 1. The van der Waals surface area contributed by atoms with Crippen molar-refractivity contribution in [2.75, 3.05) is 50.0 Å². The Morgan fingerprint density at radius 2 is 2.04 bits per heavy atom. The second kappa shape index (κ2) is 8.60. The fourth-order valence-electron chi connectivity index (χ4n) is 2.82. The molecule has 0 saturated carbocycles. The molecular weight excluding hydrogens is 316 g/mol. The molecule has 1 fully saturated rings. The number of aromatic nitrogens is 1. The van der Waals surface area contributed by atoms with Gasteiger partial charge < -0.3 is 15.4 Å². The Kier molecular flexibility index (Phi) is 5.98. The van der Waals surface area contributed by atoms with E-state index >= 15 is 0 Å². The Hall–Kier alpha value is -2.44. The van der Waals surface area contributed by atoms with Crippen molar-refractivity contribution in [3.8, 4) is 11.1 Å². The molecule has 0 unspecified atom stereocenters. The van der Waals surface area contributed by atoms with E-state index in [-0.39, 0.29) is 5.91 Å². The number of pyridine rings is 1. The molecule has 1 aliphatic rings. The number of hydrogen-bond acceptors (Lipinski definition) is 5. The third-order valence-corrected chi connectivity index (χ3v) is 4.12. The molecule has 132 valence electrons. The highest BCUT2D eigenvalue weighted by Crippen LogP contribution is 2.22. The van der Waals surface area contributed by atoms with Crippen molar-refractivity contribution in [2.24, 2.45) is 0 Å². The Bertz CT molecular complexity index is 697. The summed E-state index contributed by atoms with van der Waals surface area (Å²) in [5.41, 5.74) is 2.84. The van der Waals surface area contributed by atoms with E-state index in [1.54, 1.807) is 0 Å². The molecule has 3 rings (SSSR count). The van der Waals surface area contributed by atoms with Crippen molar-refractivity contribution in [2.45, 2.75) is 6.92 Å². The van der Waals surface area contributed by atoms with Crippen molar-refractivity contribution >= 4 is 17.4 Å². The highest BCUT2D eigenvalue weighted by Gasteiger charge is 2.09. The summed E-state index contributed by atoms with van der Waals surface area (Å²) in [5.74, 6) is 0.796. The van der Waals surface area contributed by atoms with Gasteiger partial charge in [0.1, 0.15) is 5.82 Å². The van der Waals surface area contributed by atoms with Gasteiger partial charge in [-0.05, 0) is 29.8 Å². The summed E-state index contributed by atoms with van der Waals surface area (Å²) in [7, 11) is 0. The average Bonchev–Trinajstić information content (AvgIpc) is 2.63. The normalized spacial score (nSPS) is 14.9. The second-order valence-corrected chi connectivity index (χ2v) is 6.07. The third kappa shape index (κ3) is 5.27. The number of carbonyl (C=O) groups excluding carboxylic acids is 1. The maximum Gasteiger partial charge on any atom is 0.221 e. The van der Waals surface area contributed by atoms with Crippen LogP contribution in [0.1, 0.15) is 6.92 Å². The molecule has 2 heterocycles. The fourth-order valence-corrected chi connectivity index (χ4v) is 2.82. The highest BCUT2D eigenvalue weighted by molar-refractivity contribution is 5.89. The van der Waals surface area contributed by atoms with Gasteiger partial charge >= 0.3 is 0 Å². The zero-order valence-electron chi connectivity index (χ0n) is 14.5. The number of ether oxygens (including phenoxy) is 1. The number of nitrogens with one attached hydrogen (secondary N) is 2. The SMILES string of the molecule is CC(=O)Nc1cccc(-c2ccc(NCCN3CCOCC3)nc2)c1. The van der Waals surface area contributed by atoms with Crippen molar-refractivity contribution < 1.29 is 9.53 Å². The zero-order valence-corrected chi connectivity index (χ0v) is 14.5. The van der Waals surface area contributed by atoms with Gasteiger partial charge in [0.2, 0.25) is 5.91 Å². The molecule has 1 aromatic carbocycles. The van der Waals surface area contributed by atoms with E-state index in [2.05, 4.69) is 20.5 Å². The molecule has 1 amide bonds. The number of morpholine rings is 1.